The number of amidine groups is 1. The monoisotopic (exact) mass is 450 g/mol. The summed E-state index contributed by atoms with van der Waals surface area (Å²) < 4.78 is 33.1. The van der Waals surface area contributed by atoms with E-state index in [0.29, 0.717) is 55.2 Å². The third-order valence-corrected chi connectivity index (χ3v) is 6.79. The molecule has 0 aromatic heterocycles. The van der Waals surface area contributed by atoms with Gasteiger partial charge in [-0.2, -0.15) is 0 Å². The van der Waals surface area contributed by atoms with Crippen LogP contribution in [0.15, 0.2) is 28.9 Å². The minimum atomic E-state index is -2.73. The lowest BCUT2D eigenvalue weighted by molar-refractivity contribution is -0.125. The van der Waals surface area contributed by atoms with Gasteiger partial charge in [0.1, 0.15) is 11.9 Å². The predicted octanol–water partition coefficient (Wildman–Crippen LogP) is 2.53. The molecule has 9 heteroatoms. The molecular formula is C23H32F2N4O3. The number of aliphatic imine (C=N–C) groups is 1. The van der Waals surface area contributed by atoms with E-state index >= 15 is 0 Å². The van der Waals surface area contributed by atoms with Gasteiger partial charge in [-0.3, -0.25) is 9.59 Å². The Morgan fingerprint density at radius 2 is 1.94 bits per heavy atom. The first kappa shape index (κ1) is 22.9. The summed E-state index contributed by atoms with van der Waals surface area (Å²) in [6, 6.07) is -0.319. The lowest BCUT2D eigenvalue weighted by atomic mass is 9.83. The Bertz CT molecular complexity index is 829. The highest BCUT2D eigenvalue weighted by Gasteiger charge is 2.47. The number of ether oxygens (including phenoxy) is 1. The van der Waals surface area contributed by atoms with Crippen LogP contribution in [0.2, 0.25) is 0 Å². The predicted molar refractivity (Wildman–Crippen MR) is 116 cm³/mol. The molecule has 0 radical (unpaired) electrons. The number of nitrogens with one attached hydrogen (secondary N) is 1. The average Bonchev–Trinajstić information content (AvgIpc) is 3.53. The Kier molecular flexibility index (Phi) is 6.65. The summed E-state index contributed by atoms with van der Waals surface area (Å²) in [5.74, 6) is -2.91. The topological polar surface area (TPSA) is 97.0 Å². The van der Waals surface area contributed by atoms with Crippen LogP contribution in [-0.2, 0) is 14.3 Å². The van der Waals surface area contributed by atoms with Gasteiger partial charge in [-0.1, -0.05) is 19.4 Å². The van der Waals surface area contributed by atoms with Gasteiger partial charge in [-0.15, -0.1) is 0 Å². The molecule has 0 aromatic carbocycles. The Morgan fingerprint density at radius 1 is 1.22 bits per heavy atom. The van der Waals surface area contributed by atoms with Crippen LogP contribution < -0.4 is 11.1 Å². The number of likely N-dealkylation sites (tertiary alicyclic amines) is 1. The highest BCUT2D eigenvalue weighted by molar-refractivity contribution is 5.99. The van der Waals surface area contributed by atoms with Crippen LogP contribution in [0.1, 0.15) is 51.4 Å². The van der Waals surface area contributed by atoms with Crippen molar-refractivity contribution in [2.75, 3.05) is 19.7 Å². The minimum Gasteiger partial charge on any atom is -0.370 e. The van der Waals surface area contributed by atoms with Crippen molar-refractivity contribution >= 4 is 17.6 Å². The van der Waals surface area contributed by atoms with Crippen molar-refractivity contribution in [3.8, 4) is 0 Å². The maximum atomic E-state index is 13.5. The first-order valence-corrected chi connectivity index (χ1v) is 11.5. The first-order valence-electron chi connectivity index (χ1n) is 11.5. The number of primary amides is 1. The lowest BCUT2D eigenvalue weighted by Gasteiger charge is -2.43. The van der Waals surface area contributed by atoms with Crippen molar-refractivity contribution in [3.63, 3.8) is 0 Å². The van der Waals surface area contributed by atoms with Crippen LogP contribution >= 0.6 is 0 Å². The summed E-state index contributed by atoms with van der Waals surface area (Å²) in [5.41, 5.74) is 6.45. The van der Waals surface area contributed by atoms with E-state index in [1.54, 1.807) is 0 Å². The van der Waals surface area contributed by atoms with Gasteiger partial charge >= 0.3 is 0 Å². The van der Waals surface area contributed by atoms with E-state index in [9.17, 15) is 18.4 Å². The molecule has 2 aliphatic heterocycles. The smallest absolute Gasteiger partial charge is 0.282 e. The number of alkyl halides is 2. The summed E-state index contributed by atoms with van der Waals surface area (Å²) in [5, 5.41) is 2.94. The molecule has 4 rings (SSSR count). The van der Waals surface area contributed by atoms with E-state index in [-0.39, 0.29) is 11.9 Å². The number of carbonyl (C=O) groups is 2. The molecule has 1 saturated heterocycles. The number of nitrogens with zero attached hydrogens (tertiary/aromatic N) is 2. The molecule has 3 atom stereocenters. The highest BCUT2D eigenvalue weighted by Crippen LogP contribution is 2.33. The van der Waals surface area contributed by atoms with E-state index in [1.165, 1.54) is 11.1 Å². The largest absolute Gasteiger partial charge is 0.370 e. The molecule has 0 bridgehead atoms. The SMILES string of the molecule is C=C1CCC(OCC2CC2)C(N2CC(F)(F)C2)=NC=C1C(=O)NC1CCCCC1C(N)=O. The first-order chi connectivity index (χ1) is 15.2. The Labute approximate surface area is 187 Å². The molecule has 2 saturated carbocycles. The molecule has 32 heavy (non-hydrogen) atoms. The fourth-order valence-electron chi connectivity index (χ4n) is 4.64. The summed E-state index contributed by atoms with van der Waals surface area (Å²) in [6.07, 6.45) is 7.45. The zero-order valence-corrected chi connectivity index (χ0v) is 18.3. The Hall–Kier alpha value is -2.29. The van der Waals surface area contributed by atoms with Gasteiger partial charge in [0.25, 0.3) is 11.8 Å². The Balaban J connectivity index is 1.52. The van der Waals surface area contributed by atoms with Crippen LogP contribution in [0, 0.1) is 11.8 Å². The van der Waals surface area contributed by atoms with Gasteiger partial charge in [0.15, 0.2) is 0 Å². The maximum Gasteiger partial charge on any atom is 0.282 e. The average molecular weight is 451 g/mol. The van der Waals surface area contributed by atoms with Gasteiger partial charge in [0.05, 0.1) is 31.2 Å². The van der Waals surface area contributed by atoms with Gasteiger partial charge < -0.3 is 20.7 Å². The van der Waals surface area contributed by atoms with Crippen molar-refractivity contribution in [3.05, 3.63) is 23.9 Å². The number of rotatable bonds is 6. The molecule has 2 heterocycles. The molecule has 3 fully saturated rings. The molecule has 3 unspecified atom stereocenters. The van der Waals surface area contributed by atoms with Gasteiger partial charge in [-0.05, 0) is 50.0 Å². The van der Waals surface area contributed by atoms with E-state index in [0.717, 1.165) is 25.7 Å². The molecule has 0 aromatic rings. The highest BCUT2D eigenvalue weighted by atomic mass is 19.3. The van der Waals surface area contributed by atoms with Gasteiger partial charge in [0, 0.05) is 12.2 Å². The van der Waals surface area contributed by atoms with Crippen molar-refractivity contribution in [2.24, 2.45) is 22.6 Å². The van der Waals surface area contributed by atoms with Crippen molar-refractivity contribution < 1.29 is 23.1 Å². The summed E-state index contributed by atoms with van der Waals surface area (Å²) >= 11 is 0. The number of amides is 2. The quantitative estimate of drug-likeness (QED) is 0.650. The molecule has 176 valence electrons. The zero-order chi connectivity index (χ0) is 22.9. The Morgan fingerprint density at radius 3 is 2.59 bits per heavy atom. The molecule has 4 aliphatic rings. The summed E-state index contributed by atoms with van der Waals surface area (Å²) in [4.78, 5) is 30.8. The van der Waals surface area contributed by atoms with Gasteiger partial charge in [0.2, 0.25) is 5.91 Å². The summed E-state index contributed by atoms with van der Waals surface area (Å²) in [6.45, 7) is 3.86. The van der Waals surface area contributed by atoms with E-state index in [2.05, 4.69) is 16.9 Å². The standard InChI is InChI=1S/C23H32F2N4O3/c1-14-6-9-19(32-11-15-7-8-15)21(29-12-23(24,25)13-29)27-10-17(14)22(31)28-18-5-3-2-4-16(18)20(26)30/h10,15-16,18-19H,1-9,11-13H2,(H2,26,30)(H,28,31). The van der Waals surface area contributed by atoms with Gasteiger partial charge in [-0.25, -0.2) is 13.8 Å². The van der Waals surface area contributed by atoms with Crippen molar-refractivity contribution in [1.82, 2.24) is 10.2 Å². The molecule has 7 nitrogen and oxygen atoms in total. The number of hydrogen-bond acceptors (Lipinski definition) is 5. The van der Waals surface area contributed by atoms with Crippen molar-refractivity contribution in [1.29, 1.82) is 0 Å². The fourth-order valence-corrected chi connectivity index (χ4v) is 4.64. The van der Waals surface area contributed by atoms with Crippen LogP contribution in [-0.4, -0.2) is 60.3 Å². The molecule has 2 aliphatic carbocycles. The second-order valence-corrected chi connectivity index (χ2v) is 9.52. The summed E-state index contributed by atoms with van der Waals surface area (Å²) in [7, 11) is 0. The molecule has 2 amide bonds. The molecule has 0 spiro atoms. The second-order valence-electron chi connectivity index (χ2n) is 9.52. The molecule has 3 N–H and O–H groups in total. The fraction of sp³-hybridized carbons (Fsp3) is 0.696. The zero-order valence-electron chi connectivity index (χ0n) is 18.3. The number of halogens is 2. The normalized spacial score (nSPS) is 30.4. The van der Waals surface area contributed by atoms with E-state index in [4.69, 9.17) is 10.5 Å². The van der Waals surface area contributed by atoms with Crippen LogP contribution in [0.5, 0.6) is 0 Å². The van der Waals surface area contributed by atoms with Crippen LogP contribution in [0.25, 0.3) is 0 Å². The van der Waals surface area contributed by atoms with E-state index in [1.807, 2.05) is 0 Å². The number of carbonyl (C=O) groups excluding carboxylic acids is 2. The van der Waals surface area contributed by atoms with Crippen LogP contribution in [0.3, 0.4) is 0 Å². The van der Waals surface area contributed by atoms with E-state index < -0.39 is 36.9 Å². The maximum absolute atomic E-state index is 13.5. The lowest BCUT2D eigenvalue weighted by Crippen LogP contribution is -2.61. The number of nitrogens with two attached hydrogens (primary N) is 1. The second kappa shape index (κ2) is 9.29. The van der Waals surface area contributed by atoms with Crippen molar-refractivity contribution in [2.45, 2.75) is 69.4 Å². The third kappa shape index (κ3) is 5.36. The molecular weight excluding hydrogens is 418 g/mol. The third-order valence-electron chi connectivity index (χ3n) is 6.79. The number of hydrogen-bond donors (Lipinski definition) is 2. The van der Waals surface area contributed by atoms with Crippen LogP contribution in [0.4, 0.5) is 8.78 Å². The minimum absolute atomic E-state index is 0.309.